The molecule has 1 N–H and O–H groups in total. The Bertz CT molecular complexity index is 469. The molecule has 0 aliphatic heterocycles. The van der Waals surface area contributed by atoms with Gasteiger partial charge in [-0.25, -0.2) is 0 Å². The van der Waals surface area contributed by atoms with E-state index in [-0.39, 0.29) is 5.91 Å². The summed E-state index contributed by atoms with van der Waals surface area (Å²) in [6, 6.07) is 6.77. The molecule has 82 valence electrons. The zero-order valence-electron chi connectivity index (χ0n) is 8.38. The number of carbonyl (C=O) groups is 1. The Morgan fingerprint density at radius 2 is 2.12 bits per heavy atom. The molecule has 0 saturated heterocycles. The number of anilines is 1. The Labute approximate surface area is 95.4 Å². The van der Waals surface area contributed by atoms with Crippen LogP contribution in [0.1, 0.15) is 10.4 Å². The Balaban J connectivity index is 2.09. The number of nitrogens with one attached hydrogen (secondary N) is 1. The van der Waals surface area contributed by atoms with Crippen LogP contribution in [0.2, 0.25) is 0 Å². The standard InChI is InChI=1S/C9H8N4O2S/c1-15-7-4-2-6(3-5-7)8(14)10-9-11-12-13-16-9/h2-5H,1H3,(H,10,11,13,14). The van der Waals surface area contributed by atoms with Crippen LogP contribution in [-0.4, -0.2) is 27.8 Å². The largest absolute Gasteiger partial charge is 0.497 e. The van der Waals surface area contributed by atoms with Crippen LogP contribution >= 0.6 is 11.5 Å². The van der Waals surface area contributed by atoms with Crippen LogP contribution < -0.4 is 10.1 Å². The maximum absolute atomic E-state index is 11.7. The molecule has 7 heteroatoms. The van der Waals surface area contributed by atoms with Crippen molar-refractivity contribution in [2.75, 3.05) is 12.4 Å². The Morgan fingerprint density at radius 1 is 1.38 bits per heavy atom. The first-order chi connectivity index (χ1) is 7.79. The van der Waals surface area contributed by atoms with Gasteiger partial charge in [0.05, 0.1) is 7.11 Å². The van der Waals surface area contributed by atoms with Crippen LogP contribution in [0.5, 0.6) is 5.75 Å². The molecule has 1 heterocycles. The number of amides is 1. The van der Waals surface area contributed by atoms with Crippen molar-refractivity contribution in [3.63, 3.8) is 0 Å². The van der Waals surface area contributed by atoms with E-state index in [2.05, 4.69) is 20.1 Å². The van der Waals surface area contributed by atoms with Gasteiger partial charge in [0.25, 0.3) is 5.91 Å². The minimum absolute atomic E-state index is 0.249. The van der Waals surface area contributed by atoms with Crippen molar-refractivity contribution >= 4 is 22.6 Å². The highest BCUT2D eigenvalue weighted by molar-refractivity contribution is 7.09. The van der Waals surface area contributed by atoms with Gasteiger partial charge in [-0.1, -0.05) is 9.59 Å². The first-order valence-electron chi connectivity index (χ1n) is 4.40. The number of hydrogen-bond donors (Lipinski definition) is 1. The number of aromatic nitrogens is 3. The Morgan fingerprint density at radius 3 is 2.69 bits per heavy atom. The highest BCUT2D eigenvalue weighted by Gasteiger charge is 2.08. The summed E-state index contributed by atoms with van der Waals surface area (Å²) < 4.78 is 8.53. The van der Waals surface area contributed by atoms with Crippen LogP contribution in [0.25, 0.3) is 0 Å². The SMILES string of the molecule is COc1ccc(C(=O)Nc2nnns2)cc1. The van der Waals surface area contributed by atoms with Gasteiger partial charge >= 0.3 is 0 Å². The summed E-state index contributed by atoms with van der Waals surface area (Å²) in [5, 5.41) is 9.95. The highest BCUT2D eigenvalue weighted by Crippen LogP contribution is 2.13. The fourth-order valence-electron chi connectivity index (χ4n) is 1.09. The fourth-order valence-corrected chi connectivity index (χ4v) is 1.46. The lowest BCUT2D eigenvalue weighted by molar-refractivity contribution is 0.102. The van der Waals surface area contributed by atoms with E-state index in [9.17, 15) is 4.79 Å². The Kier molecular flexibility index (Phi) is 3.06. The van der Waals surface area contributed by atoms with Crippen molar-refractivity contribution in [3.8, 4) is 5.75 Å². The van der Waals surface area contributed by atoms with Gasteiger partial charge in [0.1, 0.15) is 5.75 Å². The van der Waals surface area contributed by atoms with Gasteiger partial charge < -0.3 is 4.74 Å². The third-order valence-electron chi connectivity index (χ3n) is 1.87. The van der Waals surface area contributed by atoms with E-state index in [1.165, 1.54) is 0 Å². The first kappa shape index (κ1) is 10.5. The van der Waals surface area contributed by atoms with Crippen LogP contribution in [0.15, 0.2) is 24.3 Å². The summed E-state index contributed by atoms with van der Waals surface area (Å²) >= 11 is 1.02. The molecule has 1 aromatic heterocycles. The fraction of sp³-hybridized carbons (Fsp3) is 0.111. The molecule has 0 aliphatic rings. The zero-order chi connectivity index (χ0) is 11.4. The summed E-state index contributed by atoms with van der Waals surface area (Å²) in [5.41, 5.74) is 0.524. The lowest BCUT2D eigenvalue weighted by Gasteiger charge is -2.02. The molecular weight excluding hydrogens is 228 g/mol. The number of hydrogen-bond acceptors (Lipinski definition) is 6. The van der Waals surface area contributed by atoms with Crippen LogP contribution in [0.4, 0.5) is 5.13 Å². The highest BCUT2D eigenvalue weighted by atomic mass is 32.1. The van der Waals surface area contributed by atoms with Crippen molar-refractivity contribution in [1.82, 2.24) is 14.8 Å². The molecule has 1 amide bonds. The number of rotatable bonds is 3. The normalized spacial score (nSPS) is 9.81. The molecule has 6 nitrogen and oxygen atoms in total. The first-order valence-corrected chi connectivity index (χ1v) is 5.17. The molecular formula is C9H8N4O2S. The maximum Gasteiger partial charge on any atom is 0.257 e. The number of methoxy groups -OCH3 is 1. The molecule has 16 heavy (non-hydrogen) atoms. The smallest absolute Gasteiger partial charge is 0.257 e. The van der Waals surface area contributed by atoms with Gasteiger partial charge in [-0.3, -0.25) is 10.1 Å². The molecule has 0 aliphatic carbocycles. The molecule has 0 unspecified atom stereocenters. The van der Waals surface area contributed by atoms with Crippen LogP contribution in [-0.2, 0) is 0 Å². The number of benzene rings is 1. The molecule has 0 radical (unpaired) electrons. The quantitative estimate of drug-likeness (QED) is 0.866. The number of nitrogens with zero attached hydrogens (tertiary/aromatic N) is 3. The van der Waals surface area contributed by atoms with Gasteiger partial charge in [0.15, 0.2) is 0 Å². The van der Waals surface area contributed by atoms with Gasteiger partial charge in [-0.05, 0) is 29.5 Å². The summed E-state index contributed by atoms with van der Waals surface area (Å²) in [5.74, 6) is 0.454. The predicted molar refractivity (Wildman–Crippen MR) is 58.7 cm³/mol. The van der Waals surface area contributed by atoms with E-state index < -0.39 is 0 Å². The second kappa shape index (κ2) is 4.67. The minimum Gasteiger partial charge on any atom is -0.497 e. The topological polar surface area (TPSA) is 77.0 Å². The molecule has 0 bridgehead atoms. The summed E-state index contributed by atoms with van der Waals surface area (Å²) in [7, 11) is 1.57. The van der Waals surface area contributed by atoms with Crippen molar-refractivity contribution < 1.29 is 9.53 Å². The summed E-state index contributed by atoms with van der Waals surface area (Å²) in [6.07, 6.45) is 0. The average molecular weight is 236 g/mol. The van der Waals surface area contributed by atoms with E-state index >= 15 is 0 Å². The average Bonchev–Trinajstić information content (AvgIpc) is 2.82. The zero-order valence-corrected chi connectivity index (χ0v) is 9.19. The minimum atomic E-state index is -0.249. The number of ether oxygens (including phenoxy) is 1. The predicted octanol–water partition coefficient (Wildman–Crippen LogP) is 1.19. The van der Waals surface area contributed by atoms with Gasteiger partial charge in [-0.2, -0.15) is 0 Å². The van der Waals surface area contributed by atoms with E-state index in [0.717, 1.165) is 11.5 Å². The van der Waals surface area contributed by atoms with Gasteiger partial charge in [0, 0.05) is 17.1 Å². The lowest BCUT2D eigenvalue weighted by atomic mass is 10.2. The number of carbonyl (C=O) groups excluding carboxylic acids is 1. The van der Waals surface area contributed by atoms with E-state index in [0.29, 0.717) is 16.4 Å². The van der Waals surface area contributed by atoms with E-state index in [1.807, 2.05) is 0 Å². The van der Waals surface area contributed by atoms with Crippen molar-refractivity contribution in [1.29, 1.82) is 0 Å². The molecule has 0 saturated carbocycles. The molecule has 1 aromatic carbocycles. The summed E-state index contributed by atoms with van der Waals surface area (Å²) in [4.78, 5) is 11.7. The molecule has 0 atom stereocenters. The second-order valence-corrected chi connectivity index (χ2v) is 3.58. The van der Waals surface area contributed by atoms with Crippen molar-refractivity contribution in [2.24, 2.45) is 0 Å². The molecule has 2 aromatic rings. The molecule has 2 rings (SSSR count). The third-order valence-corrected chi connectivity index (χ3v) is 2.38. The van der Waals surface area contributed by atoms with Crippen molar-refractivity contribution in [3.05, 3.63) is 29.8 Å². The molecule has 0 spiro atoms. The van der Waals surface area contributed by atoms with Gasteiger partial charge in [-0.15, -0.1) is 0 Å². The van der Waals surface area contributed by atoms with Crippen molar-refractivity contribution in [2.45, 2.75) is 0 Å². The lowest BCUT2D eigenvalue weighted by Crippen LogP contribution is -2.11. The van der Waals surface area contributed by atoms with E-state index in [1.54, 1.807) is 31.4 Å². The third kappa shape index (κ3) is 2.31. The van der Waals surface area contributed by atoms with Crippen LogP contribution in [0, 0.1) is 0 Å². The molecule has 0 fully saturated rings. The summed E-state index contributed by atoms with van der Waals surface area (Å²) in [6.45, 7) is 0. The monoisotopic (exact) mass is 236 g/mol. The van der Waals surface area contributed by atoms with E-state index in [4.69, 9.17) is 4.74 Å². The maximum atomic E-state index is 11.7. The van der Waals surface area contributed by atoms with Crippen LogP contribution in [0.3, 0.4) is 0 Å². The Hall–Kier alpha value is -2.02. The van der Waals surface area contributed by atoms with Gasteiger partial charge in [0.2, 0.25) is 5.13 Å². The second-order valence-electron chi connectivity index (χ2n) is 2.85.